The van der Waals surface area contributed by atoms with Crippen molar-refractivity contribution in [3.63, 3.8) is 0 Å². The van der Waals surface area contributed by atoms with Gasteiger partial charge in [-0.05, 0) is 31.5 Å². The number of likely N-dealkylation sites (N-methyl/N-ethyl adjacent to an activating group) is 1. The predicted octanol–water partition coefficient (Wildman–Crippen LogP) is 2.09. The van der Waals surface area contributed by atoms with Crippen LogP contribution in [0.15, 0.2) is 30.3 Å². The number of para-hydroxylation sites is 1. The number of nitrogens with one attached hydrogen (secondary N) is 1. The van der Waals surface area contributed by atoms with Crippen LogP contribution in [-0.2, 0) is 4.79 Å². The van der Waals surface area contributed by atoms with Gasteiger partial charge in [0.25, 0.3) is 0 Å². The molecule has 0 bridgehead atoms. The Bertz CT molecular complexity index is 584. The second-order valence-corrected chi connectivity index (χ2v) is 6.84. The van der Waals surface area contributed by atoms with Gasteiger partial charge in [-0.2, -0.15) is 0 Å². The standard InChI is InChI=1S/C19H28N4O2/c1-2-21-11-13-22(14-12-21)18(24)16-7-6-10-23(15-16)19(25)20-17-8-4-3-5-9-17/h3-5,8-9,16H,2,6-7,10-15H2,1H3,(H,20,25). The van der Waals surface area contributed by atoms with Crippen molar-refractivity contribution in [1.29, 1.82) is 0 Å². The molecule has 6 nitrogen and oxygen atoms in total. The zero-order valence-corrected chi connectivity index (χ0v) is 15.0. The van der Waals surface area contributed by atoms with Crippen LogP contribution in [0.4, 0.5) is 10.5 Å². The third-order valence-corrected chi connectivity index (χ3v) is 5.21. The van der Waals surface area contributed by atoms with Gasteiger partial charge >= 0.3 is 6.03 Å². The Morgan fingerprint density at radius 1 is 1.04 bits per heavy atom. The van der Waals surface area contributed by atoms with Gasteiger partial charge in [-0.1, -0.05) is 25.1 Å². The number of nitrogens with zero attached hydrogens (tertiary/aromatic N) is 3. The summed E-state index contributed by atoms with van der Waals surface area (Å²) in [7, 11) is 0. The van der Waals surface area contributed by atoms with Crippen LogP contribution < -0.4 is 5.32 Å². The lowest BCUT2D eigenvalue weighted by Crippen LogP contribution is -2.53. The van der Waals surface area contributed by atoms with Crippen molar-refractivity contribution in [1.82, 2.24) is 14.7 Å². The van der Waals surface area contributed by atoms with Gasteiger partial charge in [0, 0.05) is 45.0 Å². The van der Waals surface area contributed by atoms with Crippen LogP contribution in [-0.4, -0.2) is 72.5 Å². The van der Waals surface area contributed by atoms with Gasteiger partial charge in [-0.25, -0.2) is 4.79 Å². The first-order valence-corrected chi connectivity index (χ1v) is 9.29. The molecule has 0 aliphatic carbocycles. The summed E-state index contributed by atoms with van der Waals surface area (Å²) >= 11 is 0. The molecular formula is C19H28N4O2. The molecule has 2 fully saturated rings. The maximum absolute atomic E-state index is 12.8. The first kappa shape index (κ1) is 17.7. The fourth-order valence-electron chi connectivity index (χ4n) is 3.63. The number of piperazine rings is 1. The topological polar surface area (TPSA) is 55.9 Å². The number of piperidine rings is 1. The van der Waals surface area contributed by atoms with Crippen LogP contribution in [0, 0.1) is 5.92 Å². The van der Waals surface area contributed by atoms with Crippen LogP contribution in [0.25, 0.3) is 0 Å². The van der Waals surface area contributed by atoms with E-state index in [-0.39, 0.29) is 17.9 Å². The zero-order chi connectivity index (χ0) is 17.6. The third kappa shape index (κ3) is 4.51. The molecule has 6 heteroatoms. The summed E-state index contributed by atoms with van der Waals surface area (Å²) in [5.41, 5.74) is 0.789. The molecule has 25 heavy (non-hydrogen) atoms. The van der Waals surface area contributed by atoms with Crippen molar-refractivity contribution in [2.75, 3.05) is 51.1 Å². The summed E-state index contributed by atoms with van der Waals surface area (Å²) in [6.07, 6.45) is 1.76. The molecule has 0 radical (unpaired) electrons. The van der Waals surface area contributed by atoms with E-state index in [1.54, 1.807) is 4.90 Å². The fourth-order valence-corrected chi connectivity index (χ4v) is 3.63. The zero-order valence-electron chi connectivity index (χ0n) is 15.0. The van der Waals surface area contributed by atoms with Crippen molar-refractivity contribution in [3.05, 3.63) is 30.3 Å². The first-order valence-electron chi connectivity index (χ1n) is 9.29. The van der Waals surface area contributed by atoms with E-state index >= 15 is 0 Å². The molecule has 1 atom stereocenters. The number of carbonyl (C=O) groups is 2. The Balaban J connectivity index is 1.54. The minimum absolute atomic E-state index is 0.0663. The molecule has 1 unspecified atom stereocenters. The van der Waals surface area contributed by atoms with Gasteiger partial charge in [0.05, 0.1) is 5.92 Å². The minimum atomic E-state index is -0.112. The Kier molecular flexibility index (Phi) is 5.91. The van der Waals surface area contributed by atoms with E-state index in [2.05, 4.69) is 17.1 Å². The Labute approximate surface area is 149 Å². The summed E-state index contributed by atoms with van der Waals surface area (Å²) < 4.78 is 0. The van der Waals surface area contributed by atoms with Gasteiger partial charge in [-0.3, -0.25) is 4.79 Å². The average molecular weight is 344 g/mol. The summed E-state index contributed by atoms with van der Waals surface area (Å²) in [6, 6.07) is 9.35. The SMILES string of the molecule is CCN1CCN(C(=O)C2CCCN(C(=O)Nc3ccccc3)C2)CC1. The lowest BCUT2D eigenvalue weighted by Gasteiger charge is -2.38. The number of urea groups is 1. The summed E-state index contributed by atoms with van der Waals surface area (Å²) in [6.45, 7) is 7.94. The van der Waals surface area contributed by atoms with E-state index in [1.807, 2.05) is 35.2 Å². The van der Waals surface area contributed by atoms with Crippen molar-refractivity contribution in [2.24, 2.45) is 5.92 Å². The molecule has 0 aromatic heterocycles. The molecule has 2 aliphatic heterocycles. The molecule has 0 saturated carbocycles. The van der Waals surface area contributed by atoms with E-state index in [1.165, 1.54) is 0 Å². The molecule has 0 spiro atoms. The van der Waals surface area contributed by atoms with Crippen molar-refractivity contribution in [3.8, 4) is 0 Å². The molecule has 1 N–H and O–H groups in total. The van der Waals surface area contributed by atoms with Crippen LogP contribution in [0.3, 0.4) is 0 Å². The second-order valence-electron chi connectivity index (χ2n) is 6.84. The average Bonchev–Trinajstić information content (AvgIpc) is 2.68. The Hall–Kier alpha value is -2.08. The molecule has 3 amide bonds. The number of hydrogen-bond acceptors (Lipinski definition) is 3. The second kappa shape index (κ2) is 8.34. The molecule has 2 aliphatic rings. The highest BCUT2D eigenvalue weighted by Gasteiger charge is 2.32. The lowest BCUT2D eigenvalue weighted by molar-refractivity contribution is -0.138. The maximum Gasteiger partial charge on any atom is 0.321 e. The highest BCUT2D eigenvalue weighted by molar-refractivity contribution is 5.90. The first-order chi connectivity index (χ1) is 12.2. The van der Waals surface area contributed by atoms with Crippen LogP contribution in [0.1, 0.15) is 19.8 Å². The molecule has 3 rings (SSSR count). The molecule has 1 aromatic rings. The monoisotopic (exact) mass is 344 g/mol. The van der Waals surface area contributed by atoms with Gasteiger partial charge in [0.1, 0.15) is 0 Å². The van der Waals surface area contributed by atoms with Crippen molar-refractivity contribution >= 4 is 17.6 Å². The molecule has 2 saturated heterocycles. The number of hydrogen-bond donors (Lipinski definition) is 1. The van der Waals surface area contributed by atoms with Crippen molar-refractivity contribution in [2.45, 2.75) is 19.8 Å². The highest BCUT2D eigenvalue weighted by Crippen LogP contribution is 2.21. The van der Waals surface area contributed by atoms with Crippen molar-refractivity contribution < 1.29 is 9.59 Å². The smallest absolute Gasteiger partial charge is 0.321 e. The summed E-state index contributed by atoms with van der Waals surface area (Å²) in [5.74, 6) is 0.149. The third-order valence-electron chi connectivity index (χ3n) is 5.21. The number of amides is 3. The van der Waals surface area contributed by atoms with Crippen LogP contribution in [0.2, 0.25) is 0 Å². The summed E-state index contributed by atoms with van der Waals surface area (Å²) in [5, 5.41) is 2.92. The van der Waals surface area contributed by atoms with E-state index in [4.69, 9.17) is 0 Å². The largest absolute Gasteiger partial charge is 0.340 e. The Morgan fingerprint density at radius 2 is 1.76 bits per heavy atom. The molecular weight excluding hydrogens is 316 g/mol. The highest BCUT2D eigenvalue weighted by atomic mass is 16.2. The van der Waals surface area contributed by atoms with E-state index in [0.717, 1.165) is 51.3 Å². The van der Waals surface area contributed by atoms with Gasteiger partial charge in [0.2, 0.25) is 5.91 Å². The quantitative estimate of drug-likeness (QED) is 0.913. The normalized spacial score (nSPS) is 21.9. The van der Waals surface area contributed by atoms with E-state index < -0.39 is 0 Å². The number of rotatable bonds is 3. The van der Waals surface area contributed by atoms with Crippen LogP contribution in [0.5, 0.6) is 0 Å². The molecule has 136 valence electrons. The fraction of sp³-hybridized carbons (Fsp3) is 0.579. The van der Waals surface area contributed by atoms with E-state index in [0.29, 0.717) is 13.1 Å². The Morgan fingerprint density at radius 3 is 2.44 bits per heavy atom. The molecule has 2 heterocycles. The number of anilines is 1. The lowest BCUT2D eigenvalue weighted by atomic mass is 9.96. The predicted molar refractivity (Wildman–Crippen MR) is 98.5 cm³/mol. The number of carbonyl (C=O) groups excluding carboxylic acids is 2. The van der Waals surface area contributed by atoms with Gasteiger partial charge in [0.15, 0.2) is 0 Å². The van der Waals surface area contributed by atoms with Crippen LogP contribution >= 0.6 is 0 Å². The van der Waals surface area contributed by atoms with E-state index in [9.17, 15) is 9.59 Å². The number of likely N-dealkylation sites (tertiary alicyclic amines) is 1. The van der Waals surface area contributed by atoms with Gasteiger partial charge < -0.3 is 20.0 Å². The summed E-state index contributed by atoms with van der Waals surface area (Å²) in [4.78, 5) is 31.4. The maximum atomic E-state index is 12.8. The number of benzene rings is 1. The minimum Gasteiger partial charge on any atom is -0.340 e. The molecule has 1 aromatic carbocycles. The van der Waals surface area contributed by atoms with Gasteiger partial charge in [-0.15, -0.1) is 0 Å².